The number of H-pyrrole nitrogens is 1. The predicted molar refractivity (Wildman–Crippen MR) is 82.3 cm³/mol. The predicted octanol–water partition coefficient (Wildman–Crippen LogP) is 2.78. The maximum Gasteiger partial charge on any atom is 0.231 e. The minimum atomic E-state index is 0.270. The zero-order chi connectivity index (χ0) is 14.9. The minimum Gasteiger partial charge on any atom is -0.454 e. The van der Waals surface area contributed by atoms with E-state index < -0.39 is 0 Å². The lowest BCUT2D eigenvalue weighted by Gasteiger charge is -2.07. The highest BCUT2D eigenvalue weighted by atomic mass is 32.1. The number of nitrogens with zero attached hydrogens (tertiary/aromatic N) is 3. The van der Waals surface area contributed by atoms with Crippen LogP contribution in [0, 0.1) is 4.77 Å². The molecular formula is C15H12N4O2S. The van der Waals surface area contributed by atoms with Crippen molar-refractivity contribution < 1.29 is 9.47 Å². The summed E-state index contributed by atoms with van der Waals surface area (Å²) in [6.45, 7) is 0.871. The van der Waals surface area contributed by atoms with E-state index in [9.17, 15) is 0 Å². The maximum atomic E-state index is 5.41. The van der Waals surface area contributed by atoms with Crippen molar-refractivity contribution in [2.75, 3.05) is 6.79 Å². The summed E-state index contributed by atoms with van der Waals surface area (Å²) in [5.74, 6) is 2.32. The molecule has 0 radical (unpaired) electrons. The average molecular weight is 312 g/mol. The molecule has 0 unspecified atom stereocenters. The summed E-state index contributed by atoms with van der Waals surface area (Å²) < 4.78 is 13.3. The monoisotopic (exact) mass is 312 g/mol. The molecule has 1 aliphatic heterocycles. The summed E-state index contributed by atoms with van der Waals surface area (Å²) in [6.07, 6.45) is 3.47. The Morgan fingerprint density at radius 3 is 2.82 bits per heavy atom. The molecule has 1 aromatic carbocycles. The van der Waals surface area contributed by atoms with Crippen LogP contribution >= 0.6 is 12.2 Å². The molecule has 0 atom stereocenters. The van der Waals surface area contributed by atoms with Crippen molar-refractivity contribution in [1.82, 2.24) is 19.7 Å². The van der Waals surface area contributed by atoms with E-state index in [0.29, 0.717) is 11.3 Å². The quantitative estimate of drug-likeness (QED) is 0.753. The first-order valence-electron chi connectivity index (χ1n) is 6.75. The van der Waals surface area contributed by atoms with Crippen LogP contribution in [0.4, 0.5) is 0 Å². The molecule has 0 spiro atoms. The van der Waals surface area contributed by atoms with Crippen molar-refractivity contribution in [3.63, 3.8) is 0 Å². The molecule has 0 bridgehead atoms. The van der Waals surface area contributed by atoms with E-state index in [1.807, 2.05) is 34.9 Å². The van der Waals surface area contributed by atoms with Gasteiger partial charge in [-0.05, 0) is 42.0 Å². The van der Waals surface area contributed by atoms with Gasteiger partial charge in [0.05, 0.1) is 6.54 Å². The molecule has 110 valence electrons. The van der Waals surface area contributed by atoms with Gasteiger partial charge in [0.25, 0.3) is 0 Å². The SMILES string of the molecule is S=c1[nH]nc(-c2ccncc2)n1Cc1ccc2c(c1)OCO2. The third-order valence-corrected chi connectivity index (χ3v) is 3.79. The second-order valence-corrected chi connectivity index (χ2v) is 5.25. The van der Waals surface area contributed by atoms with Crippen molar-refractivity contribution in [3.05, 3.63) is 53.1 Å². The van der Waals surface area contributed by atoms with Crippen LogP contribution in [0.25, 0.3) is 11.4 Å². The molecule has 1 aliphatic rings. The first-order valence-corrected chi connectivity index (χ1v) is 7.16. The number of benzene rings is 1. The Hall–Kier alpha value is -2.67. The topological polar surface area (TPSA) is 65.0 Å². The zero-order valence-corrected chi connectivity index (χ0v) is 12.3. The highest BCUT2D eigenvalue weighted by Crippen LogP contribution is 2.33. The Balaban J connectivity index is 1.72. The molecule has 3 aromatic rings. The molecule has 0 saturated heterocycles. The van der Waals surface area contributed by atoms with Gasteiger partial charge in [-0.3, -0.25) is 14.6 Å². The fourth-order valence-corrected chi connectivity index (χ4v) is 2.60. The van der Waals surface area contributed by atoms with Crippen LogP contribution in [0.2, 0.25) is 0 Å². The zero-order valence-electron chi connectivity index (χ0n) is 11.5. The Labute approximate surface area is 131 Å². The van der Waals surface area contributed by atoms with Crippen LogP contribution < -0.4 is 9.47 Å². The largest absolute Gasteiger partial charge is 0.454 e. The fraction of sp³-hybridized carbons (Fsp3) is 0.133. The maximum absolute atomic E-state index is 5.41. The molecule has 0 saturated carbocycles. The summed E-state index contributed by atoms with van der Waals surface area (Å²) in [6, 6.07) is 9.68. The number of aromatic nitrogens is 4. The summed E-state index contributed by atoms with van der Waals surface area (Å²) in [4.78, 5) is 4.03. The number of nitrogens with one attached hydrogen (secondary N) is 1. The van der Waals surface area contributed by atoms with Crippen LogP contribution in [-0.2, 0) is 6.54 Å². The third kappa shape index (κ3) is 2.25. The Bertz CT molecular complexity index is 873. The van der Waals surface area contributed by atoms with Gasteiger partial charge in [-0.1, -0.05) is 6.07 Å². The van der Waals surface area contributed by atoms with Gasteiger partial charge < -0.3 is 9.47 Å². The van der Waals surface area contributed by atoms with Crippen molar-refractivity contribution >= 4 is 12.2 Å². The summed E-state index contributed by atoms with van der Waals surface area (Å²) in [7, 11) is 0. The summed E-state index contributed by atoms with van der Waals surface area (Å²) >= 11 is 5.34. The highest BCUT2D eigenvalue weighted by molar-refractivity contribution is 7.71. The van der Waals surface area contributed by atoms with Crippen molar-refractivity contribution in [1.29, 1.82) is 0 Å². The van der Waals surface area contributed by atoms with E-state index in [1.54, 1.807) is 12.4 Å². The van der Waals surface area contributed by atoms with Crippen LogP contribution in [0.3, 0.4) is 0 Å². The van der Waals surface area contributed by atoms with E-state index in [-0.39, 0.29) is 6.79 Å². The molecule has 6 nitrogen and oxygen atoms in total. The molecule has 7 heteroatoms. The number of pyridine rings is 1. The molecule has 22 heavy (non-hydrogen) atoms. The Morgan fingerprint density at radius 2 is 1.95 bits per heavy atom. The first-order chi connectivity index (χ1) is 10.8. The van der Waals surface area contributed by atoms with Crippen LogP contribution in [0.15, 0.2) is 42.7 Å². The lowest BCUT2D eigenvalue weighted by atomic mass is 10.2. The first kappa shape index (κ1) is 13.0. The number of hydrogen-bond acceptors (Lipinski definition) is 5. The van der Waals surface area contributed by atoms with Crippen molar-refractivity contribution in [2.24, 2.45) is 0 Å². The standard InChI is InChI=1S/C15H12N4O2S/c22-15-18-17-14(11-3-5-16-6-4-11)19(15)8-10-1-2-12-13(7-10)21-9-20-12/h1-7H,8-9H2,(H,18,22). The van der Waals surface area contributed by atoms with E-state index >= 15 is 0 Å². The lowest BCUT2D eigenvalue weighted by Crippen LogP contribution is -2.02. The number of rotatable bonds is 3. The second-order valence-electron chi connectivity index (χ2n) is 4.86. The molecular weight excluding hydrogens is 300 g/mol. The number of ether oxygens (including phenoxy) is 2. The average Bonchev–Trinajstić information content (AvgIpc) is 3.15. The van der Waals surface area contributed by atoms with Gasteiger partial charge in [0.2, 0.25) is 6.79 Å². The van der Waals surface area contributed by atoms with Crippen molar-refractivity contribution in [3.8, 4) is 22.9 Å². The smallest absolute Gasteiger partial charge is 0.231 e. The minimum absolute atomic E-state index is 0.270. The normalized spacial score (nSPS) is 12.5. The van der Waals surface area contributed by atoms with Gasteiger partial charge in [0.1, 0.15) is 0 Å². The molecule has 0 fully saturated rings. The summed E-state index contributed by atoms with van der Waals surface area (Å²) in [5, 5.41) is 7.16. The lowest BCUT2D eigenvalue weighted by molar-refractivity contribution is 0.174. The molecule has 0 amide bonds. The fourth-order valence-electron chi connectivity index (χ4n) is 2.41. The van der Waals surface area contributed by atoms with Gasteiger partial charge in [0, 0.05) is 18.0 Å². The molecule has 2 aromatic heterocycles. The number of hydrogen-bond donors (Lipinski definition) is 1. The van der Waals surface area contributed by atoms with E-state index in [0.717, 1.165) is 28.5 Å². The Morgan fingerprint density at radius 1 is 1.14 bits per heavy atom. The third-order valence-electron chi connectivity index (χ3n) is 3.47. The number of aromatic amines is 1. The van der Waals surface area contributed by atoms with Gasteiger partial charge in [-0.15, -0.1) is 0 Å². The summed E-state index contributed by atoms with van der Waals surface area (Å²) in [5.41, 5.74) is 2.03. The Kier molecular flexibility index (Phi) is 3.12. The molecule has 1 N–H and O–H groups in total. The van der Waals surface area contributed by atoms with Crippen molar-refractivity contribution in [2.45, 2.75) is 6.54 Å². The number of fused-ring (bicyclic) bond motifs is 1. The molecule has 3 heterocycles. The van der Waals surface area contributed by atoms with Crippen LogP contribution in [0.5, 0.6) is 11.5 Å². The van der Waals surface area contributed by atoms with Gasteiger partial charge in [0.15, 0.2) is 22.1 Å². The van der Waals surface area contributed by atoms with Crippen LogP contribution in [0.1, 0.15) is 5.56 Å². The molecule has 0 aliphatic carbocycles. The van der Waals surface area contributed by atoms with E-state index in [1.165, 1.54) is 0 Å². The molecule has 4 rings (SSSR count). The van der Waals surface area contributed by atoms with E-state index in [2.05, 4.69) is 15.2 Å². The second kappa shape index (κ2) is 5.27. The van der Waals surface area contributed by atoms with E-state index in [4.69, 9.17) is 21.7 Å². The van der Waals surface area contributed by atoms with Gasteiger partial charge in [-0.2, -0.15) is 5.10 Å². The van der Waals surface area contributed by atoms with Crippen LogP contribution in [-0.4, -0.2) is 26.5 Å². The highest BCUT2D eigenvalue weighted by Gasteiger charge is 2.15. The van der Waals surface area contributed by atoms with Gasteiger partial charge >= 0.3 is 0 Å². The van der Waals surface area contributed by atoms with Gasteiger partial charge in [-0.25, -0.2) is 0 Å².